The second kappa shape index (κ2) is 6.05. The van der Waals surface area contributed by atoms with Gasteiger partial charge in [-0.25, -0.2) is 4.79 Å². The van der Waals surface area contributed by atoms with Crippen molar-refractivity contribution in [1.82, 2.24) is 0 Å². The maximum Gasteiger partial charge on any atom is 0.337 e. The SMILES string of the molecule is COC(=O)c1ccc(NCc2ccccc2C)cc1. The summed E-state index contributed by atoms with van der Waals surface area (Å²) in [4.78, 5) is 11.3. The lowest BCUT2D eigenvalue weighted by Crippen LogP contribution is -2.03. The Morgan fingerprint density at radius 2 is 1.79 bits per heavy atom. The molecule has 0 aliphatic heterocycles. The van der Waals surface area contributed by atoms with E-state index in [1.165, 1.54) is 18.2 Å². The van der Waals surface area contributed by atoms with Gasteiger partial charge in [0.25, 0.3) is 0 Å². The molecule has 0 saturated carbocycles. The summed E-state index contributed by atoms with van der Waals surface area (Å²) in [5, 5.41) is 3.33. The van der Waals surface area contributed by atoms with Gasteiger partial charge in [0.2, 0.25) is 0 Å². The van der Waals surface area contributed by atoms with Crippen LogP contribution in [0, 0.1) is 6.92 Å². The number of methoxy groups -OCH3 is 1. The summed E-state index contributed by atoms with van der Waals surface area (Å²) in [5.74, 6) is -0.314. The van der Waals surface area contributed by atoms with Crippen LogP contribution in [0.25, 0.3) is 0 Å². The summed E-state index contributed by atoms with van der Waals surface area (Å²) in [7, 11) is 1.38. The van der Waals surface area contributed by atoms with Crippen LogP contribution in [0.3, 0.4) is 0 Å². The number of esters is 1. The molecule has 0 heterocycles. The minimum Gasteiger partial charge on any atom is -0.465 e. The summed E-state index contributed by atoms with van der Waals surface area (Å²) in [6.07, 6.45) is 0. The van der Waals surface area contributed by atoms with Gasteiger partial charge in [0.1, 0.15) is 0 Å². The van der Waals surface area contributed by atoms with Gasteiger partial charge in [-0.15, -0.1) is 0 Å². The van der Waals surface area contributed by atoms with Crippen molar-refractivity contribution in [3.63, 3.8) is 0 Å². The highest BCUT2D eigenvalue weighted by Crippen LogP contribution is 2.13. The van der Waals surface area contributed by atoms with Crippen molar-refractivity contribution in [1.29, 1.82) is 0 Å². The second-order valence-electron chi connectivity index (χ2n) is 4.35. The molecule has 0 aliphatic carbocycles. The maximum absolute atomic E-state index is 11.3. The quantitative estimate of drug-likeness (QED) is 0.851. The van der Waals surface area contributed by atoms with E-state index < -0.39 is 0 Å². The third kappa shape index (κ3) is 3.35. The molecule has 0 aliphatic rings. The number of carbonyl (C=O) groups excluding carboxylic acids is 1. The van der Waals surface area contributed by atoms with Gasteiger partial charge < -0.3 is 10.1 Å². The highest BCUT2D eigenvalue weighted by Gasteiger charge is 2.04. The first-order chi connectivity index (χ1) is 9.20. The van der Waals surface area contributed by atoms with E-state index in [1.54, 1.807) is 12.1 Å². The number of hydrogen-bond acceptors (Lipinski definition) is 3. The van der Waals surface area contributed by atoms with Crippen LogP contribution in [0.2, 0.25) is 0 Å². The molecule has 0 bridgehead atoms. The molecule has 2 aromatic rings. The topological polar surface area (TPSA) is 38.3 Å². The molecule has 19 heavy (non-hydrogen) atoms. The fraction of sp³-hybridized carbons (Fsp3) is 0.188. The number of ether oxygens (including phenoxy) is 1. The van der Waals surface area contributed by atoms with Crippen molar-refractivity contribution in [2.24, 2.45) is 0 Å². The predicted octanol–water partition coefficient (Wildman–Crippen LogP) is 3.39. The molecule has 0 spiro atoms. The standard InChI is InChI=1S/C16H17NO2/c1-12-5-3-4-6-14(12)11-17-15-9-7-13(8-10-15)16(18)19-2/h3-10,17H,11H2,1-2H3. The van der Waals surface area contributed by atoms with Crippen molar-refractivity contribution >= 4 is 11.7 Å². The predicted molar refractivity (Wildman–Crippen MR) is 76.3 cm³/mol. The highest BCUT2D eigenvalue weighted by atomic mass is 16.5. The minimum absolute atomic E-state index is 0.314. The Morgan fingerprint density at radius 3 is 2.42 bits per heavy atom. The Balaban J connectivity index is 2.01. The lowest BCUT2D eigenvalue weighted by Gasteiger charge is -2.09. The van der Waals surface area contributed by atoms with E-state index in [2.05, 4.69) is 29.1 Å². The van der Waals surface area contributed by atoms with Crippen LogP contribution in [0.5, 0.6) is 0 Å². The lowest BCUT2D eigenvalue weighted by molar-refractivity contribution is 0.0601. The van der Waals surface area contributed by atoms with E-state index in [0.717, 1.165) is 12.2 Å². The second-order valence-corrected chi connectivity index (χ2v) is 4.35. The Morgan fingerprint density at radius 1 is 1.11 bits per heavy atom. The van der Waals surface area contributed by atoms with Crippen LogP contribution in [0.4, 0.5) is 5.69 Å². The van der Waals surface area contributed by atoms with E-state index >= 15 is 0 Å². The summed E-state index contributed by atoms with van der Waals surface area (Å²) in [6, 6.07) is 15.5. The Bertz CT molecular complexity index is 561. The van der Waals surface area contributed by atoms with Crippen molar-refractivity contribution in [3.05, 3.63) is 65.2 Å². The van der Waals surface area contributed by atoms with Gasteiger partial charge in [-0.1, -0.05) is 24.3 Å². The fourth-order valence-electron chi connectivity index (χ4n) is 1.85. The molecule has 0 aromatic heterocycles. The van der Waals surface area contributed by atoms with Gasteiger partial charge in [-0.2, -0.15) is 0 Å². The molecule has 0 amide bonds. The summed E-state index contributed by atoms with van der Waals surface area (Å²) in [5.41, 5.74) is 4.07. The normalized spacial score (nSPS) is 10.0. The molecule has 0 fully saturated rings. The third-order valence-corrected chi connectivity index (χ3v) is 3.05. The molecule has 0 unspecified atom stereocenters. The largest absolute Gasteiger partial charge is 0.465 e. The van der Waals surface area contributed by atoms with E-state index in [-0.39, 0.29) is 5.97 Å². The molecule has 98 valence electrons. The summed E-state index contributed by atoms with van der Waals surface area (Å²) >= 11 is 0. The summed E-state index contributed by atoms with van der Waals surface area (Å²) in [6.45, 7) is 2.86. The number of benzene rings is 2. The van der Waals surface area contributed by atoms with Crippen molar-refractivity contribution in [2.75, 3.05) is 12.4 Å². The van der Waals surface area contributed by atoms with Crippen molar-refractivity contribution < 1.29 is 9.53 Å². The monoisotopic (exact) mass is 255 g/mol. The van der Waals surface area contributed by atoms with Gasteiger partial charge >= 0.3 is 5.97 Å². The molecule has 0 saturated heterocycles. The van der Waals surface area contributed by atoms with Crippen LogP contribution >= 0.6 is 0 Å². The number of rotatable bonds is 4. The minimum atomic E-state index is -0.314. The highest BCUT2D eigenvalue weighted by molar-refractivity contribution is 5.89. The molecule has 0 radical (unpaired) electrons. The molecular weight excluding hydrogens is 238 g/mol. The van der Waals surface area contributed by atoms with E-state index in [1.807, 2.05) is 24.3 Å². The molecule has 1 N–H and O–H groups in total. The number of carbonyl (C=O) groups is 1. The van der Waals surface area contributed by atoms with E-state index in [4.69, 9.17) is 0 Å². The molecular formula is C16H17NO2. The molecule has 3 heteroatoms. The lowest BCUT2D eigenvalue weighted by atomic mass is 10.1. The third-order valence-electron chi connectivity index (χ3n) is 3.05. The zero-order valence-electron chi connectivity index (χ0n) is 11.1. The first-order valence-corrected chi connectivity index (χ1v) is 6.17. The van der Waals surface area contributed by atoms with Gasteiger partial charge in [-0.05, 0) is 42.3 Å². The van der Waals surface area contributed by atoms with Gasteiger partial charge in [-0.3, -0.25) is 0 Å². The van der Waals surface area contributed by atoms with Gasteiger partial charge in [0.15, 0.2) is 0 Å². The number of anilines is 1. The van der Waals surface area contributed by atoms with E-state index in [9.17, 15) is 4.79 Å². The van der Waals surface area contributed by atoms with Crippen LogP contribution < -0.4 is 5.32 Å². The summed E-state index contributed by atoms with van der Waals surface area (Å²) < 4.78 is 4.66. The molecule has 2 rings (SSSR count). The average Bonchev–Trinajstić information content (AvgIpc) is 2.46. The van der Waals surface area contributed by atoms with Crippen molar-refractivity contribution in [3.8, 4) is 0 Å². The maximum atomic E-state index is 11.3. The van der Waals surface area contributed by atoms with Crippen LogP contribution in [-0.4, -0.2) is 13.1 Å². The number of aryl methyl sites for hydroxylation is 1. The smallest absolute Gasteiger partial charge is 0.337 e. The average molecular weight is 255 g/mol. The number of nitrogens with one attached hydrogen (secondary N) is 1. The Hall–Kier alpha value is -2.29. The molecule has 3 nitrogen and oxygen atoms in total. The first-order valence-electron chi connectivity index (χ1n) is 6.17. The van der Waals surface area contributed by atoms with Crippen molar-refractivity contribution in [2.45, 2.75) is 13.5 Å². The zero-order valence-corrected chi connectivity index (χ0v) is 11.1. The fourth-order valence-corrected chi connectivity index (χ4v) is 1.85. The number of hydrogen-bond donors (Lipinski definition) is 1. The molecule has 0 atom stereocenters. The Kier molecular flexibility index (Phi) is 4.18. The molecule has 2 aromatic carbocycles. The van der Waals surface area contributed by atoms with Gasteiger partial charge in [0, 0.05) is 12.2 Å². The van der Waals surface area contributed by atoms with E-state index in [0.29, 0.717) is 5.56 Å². The zero-order chi connectivity index (χ0) is 13.7. The first kappa shape index (κ1) is 13.1. The van der Waals surface area contributed by atoms with Crippen LogP contribution in [-0.2, 0) is 11.3 Å². The van der Waals surface area contributed by atoms with Gasteiger partial charge in [0.05, 0.1) is 12.7 Å². The Labute approximate surface area is 113 Å². The van der Waals surface area contributed by atoms with Crippen LogP contribution in [0.1, 0.15) is 21.5 Å². The van der Waals surface area contributed by atoms with Crippen LogP contribution in [0.15, 0.2) is 48.5 Å².